The predicted molar refractivity (Wildman–Crippen MR) is 135 cm³/mol. The zero-order valence-electron chi connectivity index (χ0n) is 17.7. The average Bonchev–Trinajstić information content (AvgIpc) is 3.34. The molecule has 0 spiro atoms. The monoisotopic (exact) mass is 574 g/mol. The summed E-state index contributed by atoms with van der Waals surface area (Å²) in [5.41, 5.74) is 1.05. The fraction of sp³-hybridized carbons (Fsp3) is 0.350. The number of sulfone groups is 1. The maximum atomic E-state index is 11.6. The lowest BCUT2D eigenvalue weighted by atomic mass is 10.1. The molecule has 11 heteroatoms. The summed E-state index contributed by atoms with van der Waals surface area (Å²) in [6.07, 6.45) is 1.96. The standard InChI is InChI=1S/C20H26N6O2S2.HI/c1-15-24-25-19(26(15)2)14-23-20(22-13-17-5-4-12-29-17)21-11-10-16-6-8-18(9-7-16)30(3,27)28;/h4-9,12H,10-11,13-14H2,1-3H3,(H2,21,22,23);1H. The van der Waals surface area contributed by atoms with Gasteiger partial charge in [-0.05, 0) is 42.5 Å². The molecule has 3 rings (SSSR count). The van der Waals surface area contributed by atoms with Crippen LogP contribution in [0, 0.1) is 6.92 Å². The molecule has 0 aliphatic heterocycles. The summed E-state index contributed by atoms with van der Waals surface area (Å²) in [7, 11) is -1.25. The van der Waals surface area contributed by atoms with Gasteiger partial charge in [0.05, 0.1) is 11.4 Å². The SMILES string of the molecule is Cc1nnc(CN=C(NCCc2ccc(S(C)(=O)=O)cc2)NCc2cccs2)n1C.I. The van der Waals surface area contributed by atoms with Crippen LogP contribution in [0.2, 0.25) is 0 Å². The van der Waals surface area contributed by atoms with E-state index in [-0.39, 0.29) is 24.0 Å². The summed E-state index contributed by atoms with van der Waals surface area (Å²) in [5, 5.41) is 17.0. The van der Waals surface area contributed by atoms with Crippen LogP contribution in [0.3, 0.4) is 0 Å². The van der Waals surface area contributed by atoms with Gasteiger partial charge in [-0.2, -0.15) is 0 Å². The second-order valence-electron chi connectivity index (χ2n) is 6.91. The van der Waals surface area contributed by atoms with Crippen molar-refractivity contribution in [2.75, 3.05) is 12.8 Å². The van der Waals surface area contributed by atoms with Crippen LogP contribution in [0.1, 0.15) is 22.1 Å². The lowest BCUT2D eigenvalue weighted by molar-refractivity contribution is 0.602. The van der Waals surface area contributed by atoms with Gasteiger partial charge < -0.3 is 15.2 Å². The first-order valence-corrected chi connectivity index (χ1v) is 12.3. The molecule has 0 aliphatic rings. The Hall–Kier alpha value is -1.99. The zero-order chi connectivity index (χ0) is 21.6. The Kier molecular flexibility index (Phi) is 9.44. The number of halogens is 1. The van der Waals surface area contributed by atoms with Crippen molar-refractivity contribution in [3.8, 4) is 0 Å². The van der Waals surface area contributed by atoms with Crippen LogP contribution in [0.25, 0.3) is 0 Å². The van der Waals surface area contributed by atoms with Crippen molar-refractivity contribution in [3.63, 3.8) is 0 Å². The Morgan fingerprint density at radius 3 is 2.48 bits per heavy atom. The van der Waals surface area contributed by atoms with Gasteiger partial charge in [0.2, 0.25) is 0 Å². The largest absolute Gasteiger partial charge is 0.356 e. The minimum absolute atomic E-state index is 0. The van der Waals surface area contributed by atoms with Gasteiger partial charge in [-0.1, -0.05) is 18.2 Å². The second kappa shape index (κ2) is 11.6. The van der Waals surface area contributed by atoms with Crippen molar-refractivity contribution in [1.82, 2.24) is 25.4 Å². The molecule has 0 aliphatic carbocycles. The number of thiophene rings is 1. The number of aryl methyl sites for hydroxylation is 1. The summed E-state index contributed by atoms with van der Waals surface area (Å²) in [5.74, 6) is 2.33. The molecular formula is C20H27IN6O2S2. The Bertz CT molecular complexity index is 1090. The van der Waals surface area contributed by atoms with Gasteiger partial charge in [0.25, 0.3) is 0 Å². The molecule has 0 atom stereocenters. The number of benzene rings is 1. The molecule has 3 aromatic rings. The average molecular weight is 575 g/mol. The van der Waals surface area contributed by atoms with E-state index in [1.807, 2.05) is 42.1 Å². The van der Waals surface area contributed by atoms with E-state index in [1.54, 1.807) is 23.5 Å². The summed E-state index contributed by atoms with van der Waals surface area (Å²) < 4.78 is 25.1. The lowest BCUT2D eigenvalue weighted by Gasteiger charge is -2.12. The van der Waals surface area contributed by atoms with Gasteiger partial charge in [0, 0.05) is 24.7 Å². The maximum Gasteiger partial charge on any atom is 0.192 e. The van der Waals surface area contributed by atoms with Crippen LogP contribution in [-0.2, 0) is 36.4 Å². The van der Waals surface area contributed by atoms with E-state index >= 15 is 0 Å². The molecule has 2 heterocycles. The van der Waals surface area contributed by atoms with Crippen molar-refractivity contribution in [1.29, 1.82) is 0 Å². The Balaban J connectivity index is 0.00000341. The first kappa shape index (κ1) is 25.3. The summed E-state index contributed by atoms with van der Waals surface area (Å²) in [6, 6.07) is 11.1. The van der Waals surface area contributed by atoms with Crippen LogP contribution in [-0.4, -0.2) is 41.9 Å². The third-order valence-corrected chi connectivity index (χ3v) is 6.63. The van der Waals surface area contributed by atoms with E-state index in [0.717, 1.165) is 23.6 Å². The van der Waals surface area contributed by atoms with Crippen LogP contribution in [0.15, 0.2) is 51.7 Å². The Labute approximate surface area is 204 Å². The number of nitrogens with zero attached hydrogens (tertiary/aromatic N) is 4. The highest BCUT2D eigenvalue weighted by atomic mass is 127. The summed E-state index contributed by atoms with van der Waals surface area (Å²) in [4.78, 5) is 6.19. The molecule has 0 unspecified atom stereocenters. The van der Waals surface area contributed by atoms with E-state index in [0.29, 0.717) is 30.5 Å². The van der Waals surface area contributed by atoms with Crippen molar-refractivity contribution in [3.05, 3.63) is 63.9 Å². The fourth-order valence-corrected chi connectivity index (χ4v) is 4.00. The van der Waals surface area contributed by atoms with Crippen molar-refractivity contribution >= 4 is 51.1 Å². The number of hydrogen-bond acceptors (Lipinski definition) is 6. The quantitative estimate of drug-likeness (QED) is 0.244. The van der Waals surface area contributed by atoms with Crippen LogP contribution in [0.5, 0.6) is 0 Å². The third-order valence-electron chi connectivity index (χ3n) is 4.63. The minimum Gasteiger partial charge on any atom is -0.356 e. The molecule has 0 saturated carbocycles. The molecule has 0 bridgehead atoms. The van der Waals surface area contributed by atoms with Gasteiger partial charge in [-0.25, -0.2) is 13.4 Å². The molecule has 1 aromatic carbocycles. The molecule has 8 nitrogen and oxygen atoms in total. The van der Waals surface area contributed by atoms with E-state index in [9.17, 15) is 8.42 Å². The number of aromatic nitrogens is 3. The molecule has 31 heavy (non-hydrogen) atoms. The van der Waals surface area contributed by atoms with Crippen LogP contribution in [0.4, 0.5) is 0 Å². The Morgan fingerprint density at radius 2 is 1.90 bits per heavy atom. The third kappa shape index (κ3) is 7.58. The molecule has 2 aromatic heterocycles. The number of guanidine groups is 1. The number of aliphatic imine (C=N–C) groups is 1. The maximum absolute atomic E-state index is 11.6. The second-order valence-corrected chi connectivity index (χ2v) is 9.96. The van der Waals surface area contributed by atoms with Crippen molar-refractivity contribution < 1.29 is 8.42 Å². The molecule has 0 fully saturated rings. The van der Waals surface area contributed by atoms with E-state index in [2.05, 4.69) is 31.9 Å². The molecule has 2 N–H and O–H groups in total. The van der Waals surface area contributed by atoms with Gasteiger partial charge in [0.1, 0.15) is 12.4 Å². The highest BCUT2D eigenvalue weighted by Crippen LogP contribution is 2.11. The van der Waals surface area contributed by atoms with Gasteiger partial charge >= 0.3 is 0 Å². The topological polar surface area (TPSA) is 101 Å². The lowest BCUT2D eigenvalue weighted by Crippen LogP contribution is -2.38. The smallest absolute Gasteiger partial charge is 0.192 e. The first-order chi connectivity index (χ1) is 14.3. The zero-order valence-corrected chi connectivity index (χ0v) is 21.7. The fourth-order valence-electron chi connectivity index (χ4n) is 2.73. The summed E-state index contributed by atoms with van der Waals surface area (Å²) in [6.45, 7) is 3.67. The Morgan fingerprint density at radius 1 is 1.16 bits per heavy atom. The number of nitrogens with one attached hydrogen (secondary N) is 2. The summed E-state index contributed by atoms with van der Waals surface area (Å²) >= 11 is 1.69. The number of rotatable bonds is 8. The van der Waals surface area contributed by atoms with Crippen LogP contribution < -0.4 is 10.6 Å². The molecule has 0 radical (unpaired) electrons. The first-order valence-electron chi connectivity index (χ1n) is 9.51. The van der Waals surface area contributed by atoms with E-state index < -0.39 is 9.84 Å². The van der Waals surface area contributed by atoms with Gasteiger partial charge in [-0.15, -0.1) is 45.5 Å². The van der Waals surface area contributed by atoms with E-state index in [4.69, 9.17) is 0 Å². The molecule has 168 valence electrons. The highest BCUT2D eigenvalue weighted by Gasteiger charge is 2.07. The highest BCUT2D eigenvalue weighted by molar-refractivity contribution is 14.0. The van der Waals surface area contributed by atoms with Crippen molar-refractivity contribution in [2.24, 2.45) is 12.0 Å². The molecular weight excluding hydrogens is 547 g/mol. The van der Waals surface area contributed by atoms with Gasteiger partial charge in [-0.3, -0.25) is 0 Å². The molecule has 0 saturated heterocycles. The minimum atomic E-state index is -3.17. The van der Waals surface area contributed by atoms with E-state index in [1.165, 1.54) is 11.1 Å². The van der Waals surface area contributed by atoms with Crippen molar-refractivity contribution in [2.45, 2.75) is 31.3 Å². The normalized spacial score (nSPS) is 11.8. The predicted octanol–water partition coefficient (Wildman–Crippen LogP) is 2.68. The number of hydrogen-bond donors (Lipinski definition) is 2. The van der Waals surface area contributed by atoms with Crippen LogP contribution >= 0.6 is 35.3 Å². The van der Waals surface area contributed by atoms with Gasteiger partial charge in [0.15, 0.2) is 21.6 Å². The molecule has 0 amide bonds.